The summed E-state index contributed by atoms with van der Waals surface area (Å²) < 4.78 is 52.4. The first-order valence-corrected chi connectivity index (χ1v) is 14.7. The fraction of sp³-hybridized carbons (Fsp3) is 0.533. The number of carbonyl (C=O) groups is 2. The van der Waals surface area contributed by atoms with Gasteiger partial charge in [0.1, 0.15) is 6.17 Å². The highest BCUT2D eigenvalue weighted by Gasteiger charge is 2.42. The highest BCUT2D eigenvalue weighted by Crippen LogP contribution is 2.38. The number of amides is 2. The van der Waals surface area contributed by atoms with E-state index in [2.05, 4.69) is 0 Å². The number of nitrogens with zero attached hydrogens (tertiary/aromatic N) is 2. The van der Waals surface area contributed by atoms with Gasteiger partial charge in [0.25, 0.3) is 5.91 Å². The van der Waals surface area contributed by atoms with E-state index in [0.29, 0.717) is 66.2 Å². The number of carbonyl (C=O) groups excluding carboxylic acids is 2. The van der Waals surface area contributed by atoms with Crippen molar-refractivity contribution in [2.24, 2.45) is 11.8 Å². The quantitative estimate of drug-likeness (QED) is 0.330. The molecule has 0 N–H and O–H groups in total. The second kappa shape index (κ2) is 11.9. The van der Waals surface area contributed by atoms with E-state index in [0.717, 1.165) is 11.1 Å². The first-order chi connectivity index (χ1) is 19.0. The Bertz CT molecular complexity index is 1210. The first kappa shape index (κ1) is 29.2. The summed E-state index contributed by atoms with van der Waals surface area (Å²) in [5, 5.41) is 0.916. The minimum absolute atomic E-state index is 0.0808. The molecule has 1 aliphatic carbocycles. The standard InChI is InChI=1S/C30H32Cl2F4N2O2/c31-26-16-21(18-1-3-19(4-2-18)28(39)37-12-10-22(11-13-37)30(34,35)36)17-27(32)25(26)15-20-9-14-38(29(20)40)24-7-5-23(33)6-8-24/h1-4,16-17,20,22-24H,5-15H2/t20-,23-,24+/m0/s1. The lowest BCUT2D eigenvalue weighted by atomic mass is 9.92. The van der Waals surface area contributed by atoms with Gasteiger partial charge in [-0.25, -0.2) is 4.39 Å². The van der Waals surface area contributed by atoms with E-state index in [4.69, 9.17) is 23.2 Å². The van der Waals surface area contributed by atoms with Crippen LogP contribution in [0.25, 0.3) is 11.1 Å². The molecule has 0 unspecified atom stereocenters. The molecule has 3 fully saturated rings. The fourth-order valence-electron chi connectivity index (χ4n) is 6.27. The van der Waals surface area contributed by atoms with Crippen molar-refractivity contribution in [3.63, 3.8) is 0 Å². The Morgan fingerprint density at radius 1 is 0.850 bits per heavy atom. The lowest BCUT2D eigenvalue weighted by Crippen LogP contribution is -2.42. The number of hydrogen-bond donors (Lipinski definition) is 0. The third-order valence-electron chi connectivity index (χ3n) is 8.72. The van der Waals surface area contributed by atoms with E-state index >= 15 is 0 Å². The zero-order chi connectivity index (χ0) is 28.6. The third-order valence-corrected chi connectivity index (χ3v) is 9.39. The van der Waals surface area contributed by atoms with Crippen LogP contribution < -0.4 is 0 Å². The summed E-state index contributed by atoms with van der Waals surface area (Å²) in [6.07, 6.45) is -1.57. The van der Waals surface area contributed by atoms with Gasteiger partial charge in [0.2, 0.25) is 5.91 Å². The lowest BCUT2D eigenvalue weighted by molar-refractivity contribution is -0.183. The molecule has 3 aliphatic rings. The van der Waals surface area contributed by atoms with Crippen LogP contribution in [0, 0.1) is 11.8 Å². The molecule has 0 spiro atoms. The normalized spacial score (nSPS) is 24.6. The average molecular weight is 599 g/mol. The van der Waals surface area contributed by atoms with Crippen LogP contribution in [0.4, 0.5) is 17.6 Å². The van der Waals surface area contributed by atoms with Gasteiger partial charge < -0.3 is 9.80 Å². The van der Waals surface area contributed by atoms with Gasteiger partial charge in [-0.3, -0.25) is 9.59 Å². The third kappa shape index (κ3) is 6.28. The molecule has 40 heavy (non-hydrogen) atoms. The van der Waals surface area contributed by atoms with E-state index in [9.17, 15) is 27.2 Å². The summed E-state index contributed by atoms with van der Waals surface area (Å²) in [5.41, 5.74) is 2.67. The fourth-order valence-corrected chi connectivity index (χ4v) is 6.91. The van der Waals surface area contributed by atoms with Crippen LogP contribution in [0.3, 0.4) is 0 Å². The van der Waals surface area contributed by atoms with E-state index in [1.165, 1.54) is 4.90 Å². The van der Waals surface area contributed by atoms with Gasteiger partial charge >= 0.3 is 6.18 Å². The van der Waals surface area contributed by atoms with E-state index in [1.54, 1.807) is 36.4 Å². The minimum atomic E-state index is -4.22. The maximum atomic E-state index is 13.5. The van der Waals surface area contributed by atoms with Gasteiger partial charge in [0.05, 0.1) is 5.92 Å². The van der Waals surface area contributed by atoms with Crippen LogP contribution in [-0.4, -0.2) is 59.6 Å². The second-order valence-electron chi connectivity index (χ2n) is 11.2. The van der Waals surface area contributed by atoms with E-state index < -0.39 is 18.3 Å². The van der Waals surface area contributed by atoms with Crippen molar-refractivity contribution < 1.29 is 27.2 Å². The Labute approximate surface area is 241 Å². The minimum Gasteiger partial charge on any atom is -0.339 e. The molecule has 1 saturated carbocycles. The SMILES string of the molecule is O=C(c1ccc(-c2cc(Cl)c(C[C@@H]3CCN([C@H]4CC[C@@H](F)CC4)C3=O)c(Cl)c2)cc1)N1CCC(C(F)(F)F)CC1. The van der Waals surface area contributed by atoms with Crippen molar-refractivity contribution in [2.45, 2.75) is 69.8 Å². The molecule has 1 atom stereocenters. The van der Waals surface area contributed by atoms with Crippen molar-refractivity contribution in [1.82, 2.24) is 9.80 Å². The first-order valence-electron chi connectivity index (χ1n) is 13.9. The molecule has 216 valence electrons. The summed E-state index contributed by atoms with van der Waals surface area (Å²) in [4.78, 5) is 29.3. The van der Waals surface area contributed by atoms with Gasteiger partial charge in [0.15, 0.2) is 0 Å². The van der Waals surface area contributed by atoms with Crippen LogP contribution >= 0.6 is 23.2 Å². The number of hydrogen-bond acceptors (Lipinski definition) is 2. The molecule has 10 heteroatoms. The zero-order valence-corrected chi connectivity index (χ0v) is 23.5. The summed E-state index contributed by atoms with van der Waals surface area (Å²) in [6.45, 7) is 0.832. The van der Waals surface area contributed by atoms with Crippen LogP contribution in [0.2, 0.25) is 10.0 Å². The molecule has 2 saturated heterocycles. The molecule has 2 amide bonds. The maximum absolute atomic E-state index is 13.5. The Kier molecular flexibility index (Phi) is 8.67. The van der Waals surface area contributed by atoms with Gasteiger partial charge in [-0.05, 0) is 92.3 Å². The number of halogens is 6. The Morgan fingerprint density at radius 3 is 2.02 bits per heavy atom. The number of benzene rings is 2. The monoisotopic (exact) mass is 598 g/mol. The van der Waals surface area contributed by atoms with E-state index in [-0.39, 0.29) is 49.7 Å². The highest BCUT2D eigenvalue weighted by atomic mass is 35.5. The molecule has 0 radical (unpaired) electrons. The van der Waals surface area contributed by atoms with Crippen LogP contribution in [0.1, 0.15) is 60.9 Å². The van der Waals surface area contributed by atoms with Crippen molar-refractivity contribution in [1.29, 1.82) is 0 Å². The van der Waals surface area contributed by atoms with Crippen molar-refractivity contribution in [3.05, 3.63) is 57.6 Å². The van der Waals surface area contributed by atoms with Gasteiger partial charge in [-0.1, -0.05) is 35.3 Å². The lowest BCUT2D eigenvalue weighted by Gasteiger charge is -2.33. The summed E-state index contributed by atoms with van der Waals surface area (Å²) in [5.74, 6) is -1.77. The summed E-state index contributed by atoms with van der Waals surface area (Å²) in [6, 6.07) is 10.5. The number of alkyl halides is 4. The topological polar surface area (TPSA) is 40.6 Å². The largest absolute Gasteiger partial charge is 0.391 e. The molecule has 0 aromatic heterocycles. The molecular weight excluding hydrogens is 567 g/mol. The van der Waals surface area contributed by atoms with Crippen molar-refractivity contribution in [3.8, 4) is 11.1 Å². The molecule has 4 nitrogen and oxygen atoms in total. The van der Waals surface area contributed by atoms with Gasteiger partial charge in [-0.2, -0.15) is 13.2 Å². The number of likely N-dealkylation sites (tertiary alicyclic amines) is 2. The Hall–Kier alpha value is -2.32. The molecule has 2 aromatic carbocycles. The zero-order valence-electron chi connectivity index (χ0n) is 22.0. The average Bonchev–Trinajstić information content (AvgIpc) is 3.30. The Morgan fingerprint density at radius 2 is 1.45 bits per heavy atom. The summed E-state index contributed by atoms with van der Waals surface area (Å²) >= 11 is 13.3. The second-order valence-corrected chi connectivity index (χ2v) is 12.0. The predicted octanol–water partition coefficient (Wildman–Crippen LogP) is 7.75. The molecule has 5 rings (SSSR count). The summed E-state index contributed by atoms with van der Waals surface area (Å²) in [7, 11) is 0. The molecular formula is C30H32Cl2F4N2O2. The van der Waals surface area contributed by atoms with Crippen LogP contribution in [0.15, 0.2) is 36.4 Å². The number of piperidine rings is 1. The number of rotatable bonds is 5. The van der Waals surface area contributed by atoms with Gasteiger partial charge in [-0.15, -0.1) is 0 Å². The molecule has 2 heterocycles. The van der Waals surface area contributed by atoms with Crippen molar-refractivity contribution in [2.75, 3.05) is 19.6 Å². The predicted molar refractivity (Wildman–Crippen MR) is 147 cm³/mol. The maximum Gasteiger partial charge on any atom is 0.391 e. The molecule has 2 aliphatic heterocycles. The Balaban J connectivity index is 1.22. The van der Waals surface area contributed by atoms with Crippen LogP contribution in [-0.2, 0) is 11.2 Å². The van der Waals surface area contributed by atoms with Crippen LogP contribution in [0.5, 0.6) is 0 Å². The van der Waals surface area contributed by atoms with E-state index in [1.807, 2.05) is 4.90 Å². The smallest absolute Gasteiger partial charge is 0.339 e. The highest BCUT2D eigenvalue weighted by molar-refractivity contribution is 6.36. The molecule has 0 bridgehead atoms. The van der Waals surface area contributed by atoms with Crippen molar-refractivity contribution >= 4 is 35.0 Å². The van der Waals surface area contributed by atoms with Gasteiger partial charge in [0, 0.05) is 47.2 Å². The molecule has 2 aromatic rings.